The predicted octanol–water partition coefficient (Wildman–Crippen LogP) is 1.15. The number of benzene rings is 1. The third-order valence-electron chi connectivity index (χ3n) is 4.86. The Morgan fingerprint density at radius 1 is 1.29 bits per heavy atom. The van der Waals surface area contributed by atoms with Crippen molar-refractivity contribution in [3.63, 3.8) is 0 Å². The van der Waals surface area contributed by atoms with E-state index in [2.05, 4.69) is 6.07 Å². The van der Waals surface area contributed by atoms with Gasteiger partial charge in [-0.15, -0.1) is 0 Å². The minimum atomic E-state index is -0.715. The first-order valence-corrected chi connectivity index (χ1v) is 8.40. The number of nitrogens with two attached hydrogens (primary N) is 1. The molecule has 1 aromatic carbocycles. The topological polar surface area (TPSA) is 90.4 Å². The molecule has 6 nitrogen and oxygen atoms in total. The zero-order valence-corrected chi connectivity index (χ0v) is 13.6. The van der Waals surface area contributed by atoms with E-state index in [-0.39, 0.29) is 24.3 Å². The van der Waals surface area contributed by atoms with Crippen molar-refractivity contribution in [2.24, 2.45) is 5.73 Å². The molecule has 0 aliphatic carbocycles. The number of hydrogen-bond donors (Lipinski definition) is 1. The van der Waals surface area contributed by atoms with E-state index in [9.17, 15) is 9.59 Å². The predicted molar refractivity (Wildman–Crippen MR) is 88.3 cm³/mol. The zero-order valence-electron chi connectivity index (χ0n) is 13.6. The number of nitriles is 1. The Kier molecular flexibility index (Phi) is 4.81. The molecule has 2 aliphatic heterocycles. The van der Waals surface area contributed by atoms with Crippen LogP contribution in [-0.4, -0.2) is 40.2 Å². The van der Waals surface area contributed by atoms with Gasteiger partial charge in [-0.2, -0.15) is 5.26 Å². The highest BCUT2D eigenvalue weighted by atomic mass is 16.2. The molecule has 0 radical (unpaired) electrons. The monoisotopic (exact) mass is 326 g/mol. The summed E-state index contributed by atoms with van der Waals surface area (Å²) in [6.45, 7) is 1.84. The van der Waals surface area contributed by atoms with Crippen LogP contribution < -0.4 is 5.73 Å². The maximum Gasteiger partial charge on any atom is 0.240 e. The maximum absolute atomic E-state index is 12.4. The number of likely N-dealkylation sites (tertiary alicyclic amines) is 1. The summed E-state index contributed by atoms with van der Waals surface area (Å²) in [6, 6.07) is 9.08. The van der Waals surface area contributed by atoms with Crippen molar-refractivity contribution in [2.75, 3.05) is 6.54 Å². The van der Waals surface area contributed by atoms with Gasteiger partial charge in [0, 0.05) is 26.1 Å². The van der Waals surface area contributed by atoms with E-state index >= 15 is 0 Å². The first-order chi connectivity index (χ1) is 11.6. The molecule has 2 atom stereocenters. The normalized spacial score (nSPS) is 20.6. The van der Waals surface area contributed by atoms with Crippen LogP contribution in [0, 0.1) is 11.3 Å². The maximum atomic E-state index is 12.4. The van der Waals surface area contributed by atoms with E-state index < -0.39 is 6.04 Å². The number of fused-ring (bicyclic) bond motifs is 1. The summed E-state index contributed by atoms with van der Waals surface area (Å²) in [6.07, 6.45) is 2.12. The van der Waals surface area contributed by atoms with Gasteiger partial charge in [0.25, 0.3) is 0 Å². The molecule has 2 amide bonds. The second kappa shape index (κ2) is 7.02. The van der Waals surface area contributed by atoms with Gasteiger partial charge in [-0.3, -0.25) is 9.59 Å². The van der Waals surface area contributed by atoms with Gasteiger partial charge in [-0.25, -0.2) is 0 Å². The minimum absolute atomic E-state index is 0.0210. The Bertz CT molecular complexity index is 657. The molecule has 2 N–H and O–H groups in total. The lowest BCUT2D eigenvalue weighted by atomic mass is 10.1. The van der Waals surface area contributed by atoms with Crippen LogP contribution in [0.5, 0.6) is 0 Å². The molecule has 126 valence electrons. The lowest BCUT2D eigenvalue weighted by Crippen LogP contribution is -2.46. The number of nitrogens with zero attached hydrogens (tertiary/aromatic N) is 3. The fourth-order valence-electron chi connectivity index (χ4n) is 3.45. The van der Waals surface area contributed by atoms with Crippen molar-refractivity contribution in [2.45, 2.75) is 50.9 Å². The van der Waals surface area contributed by atoms with Crippen molar-refractivity contribution >= 4 is 11.8 Å². The van der Waals surface area contributed by atoms with Crippen molar-refractivity contribution < 1.29 is 9.59 Å². The Morgan fingerprint density at radius 3 is 2.58 bits per heavy atom. The molecule has 24 heavy (non-hydrogen) atoms. The molecular formula is C18H22N4O2. The summed E-state index contributed by atoms with van der Waals surface area (Å²) in [7, 11) is 0. The number of carbonyl (C=O) groups is 2. The van der Waals surface area contributed by atoms with Crippen LogP contribution in [-0.2, 0) is 22.7 Å². The van der Waals surface area contributed by atoms with Gasteiger partial charge in [-0.05, 0) is 30.4 Å². The van der Waals surface area contributed by atoms with E-state index in [0.29, 0.717) is 32.5 Å². The molecular weight excluding hydrogens is 304 g/mol. The van der Waals surface area contributed by atoms with Crippen LogP contribution >= 0.6 is 0 Å². The fourth-order valence-corrected chi connectivity index (χ4v) is 3.45. The van der Waals surface area contributed by atoms with Gasteiger partial charge in [-0.1, -0.05) is 24.3 Å². The summed E-state index contributed by atoms with van der Waals surface area (Å²) in [5, 5.41) is 9.07. The molecule has 1 fully saturated rings. The van der Waals surface area contributed by atoms with Crippen LogP contribution in [0.1, 0.15) is 36.8 Å². The number of amides is 2. The molecule has 0 aromatic heterocycles. The summed E-state index contributed by atoms with van der Waals surface area (Å²) < 4.78 is 0. The zero-order chi connectivity index (χ0) is 17.1. The van der Waals surface area contributed by atoms with Crippen LogP contribution in [0.2, 0.25) is 0 Å². The lowest BCUT2D eigenvalue weighted by molar-refractivity contribution is -0.134. The first kappa shape index (κ1) is 16.5. The quantitative estimate of drug-likeness (QED) is 0.898. The Balaban J connectivity index is 1.50. The molecule has 1 aromatic rings. The summed E-state index contributed by atoms with van der Waals surface area (Å²) in [5.41, 5.74) is 8.34. The van der Waals surface area contributed by atoms with Crippen LogP contribution in [0.4, 0.5) is 0 Å². The Labute approximate surface area is 141 Å². The van der Waals surface area contributed by atoms with Gasteiger partial charge in [0.2, 0.25) is 11.8 Å². The minimum Gasteiger partial charge on any atom is -0.334 e. The van der Waals surface area contributed by atoms with Crippen LogP contribution in [0.25, 0.3) is 0 Å². The van der Waals surface area contributed by atoms with Crippen molar-refractivity contribution in [1.82, 2.24) is 9.80 Å². The molecule has 0 saturated carbocycles. The third-order valence-corrected chi connectivity index (χ3v) is 4.86. The van der Waals surface area contributed by atoms with E-state index in [1.54, 1.807) is 9.80 Å². The molecule has 2 heterocycles. The van der Waals surface area contributed by atoms with Gasteiger partial charge < -0.3 is 15.5 Å². The lowest BCUT2D eigenvalue weighted by Gasteiger charge is -2.23. The molecule has 6 heteroatoms. The van der Waals surface area contributed by atoms with Crippen molar-refractivity contribution in [1.29, 1.82) is 5.26 Å². The number of rotatable bonds is 4. The standard InChI is InChI=1S/C18H22N4O2/c19-10-15-6-3-9-22(15)18(24)16(20)7-8-17(23)21-11-13-4-1-2-5-14(13)12-21/h1-2,4-5,15-16H,3,6-9,11-12,20H2/t15-,16+/m1/s1. The summed E-state index contributed by atoms with van der Waals surface area (Å²) in [4.78, 5) is 28.1. The second-order valence-electron chi connectivity index (χ2n) is 6.48. The SMILES string of the molecule is N#C[C@H]1CCCN1C(=O)[C@@H](N)CCC(=O)N1Cc2ccccc2C1. The molecule has 1 saturated heterocycles. The molecule has 0 bridgehead atoms. The van der Waals surface area contributed by atoms with Crippen molar-refractivity contribution in [3.8, 4) is 6.07 Å². The van der Waals surface area contributed by atoms with E-state index in [0.717, 1.165) is 6.42 Å². The molecule has 0 unspecified atom stereocenters. The van der Waals surface area contributed by atoms with Gasteiger partial charge in [0.15, 0.2) is 0 Å². The Morgan fingerprint density at radius 2 is 1.96 bits per heavy atom. The Hall–Kier alpha value is -2.39. The number of carbonyl (C=O) groups excluding carboxylic acids is 2. The molecule has 3 rings (SSSR count). The molecule has 0 spiro atoms. The van der Waals surface area contributed by atoms with Gasteiger partial charge in [0.05, 0.1) is 12.1 Å². The summed E-state index contributed by atoms with van der Waals surface area (Å²) >= 11 is 0. The second-order valence-corrected chi connectivity index (χ2v) is 6.48. The van der Waals surface area contributed by atoms with E-state index in [1.807, 2.05) is 24.3 Å². The molecule has 2 aliphatic rings. The van der Waals surface area contributed by atoms with Crippen molar-refractivity contribution in [3.05, 3.63) is 35.4 Å². The highest BCUT2D eigenvalue weighted by Gasteiger charge is 2.32. The average Bonchev–Trinajstić information content (AvgIpc) is 3.24. The first-order valence-electron chi connectivity index (χ1n) is 8.40. The fraction of sp³-hybridized carbons (Fsp3) is 0.500. The van der Waals surface area contributed by atoms with E-state index in [1.165, 1.54) is 11.1 Å². The van der Waals surface area contributed by atoms with Crippen LogP contribution in [0.15, 0.2) is 24.3 Å². The summed E-state index contributed by atoms with van der Waals surface area (Å²) in [5.74, 6) is -0.190. The average molecular weight is 326 g/mol. The number of hydrogen-bond acceptors (Lipinski definition) is 4. The van der Waals surface area contributed by atoms with E-state index in [4.69, 9.17) is 11.0 Å². The van der Waals surface area contributed by atoms with Gasteiger partial charge in [0.1, 0.15) is 6.04 Å². The highest BCUT2D eigenvalue weighted by Crippen LogP contribution is 2.23. The smallest absolute Gasteiger partial charge is 0.240 e. The van der Waals surface area contributed by atoms with Crippen LogP contribution in [0.3, 0.4) is 0 Å². The highest BCUT2D eigenvalue weighted by molar-refractivity contribution is 5.84. The van der Waals surface area contributed by atoms with Gasteiger partial charge >= 0.3 is 0 Å². The largest absolute Gasteiger partial charge is 0.334 e. The third kappa shape index (κ3) is 3.26.